The van der Waals surface area contributed by atoms with Crippen molar-refractivity contribution in [2.75, 3.05) is 23.5 Å². The van der Waals surface area contributed by atoms with E-state index in [-0.39, 0.29) is 21.7 Å². The third-order valence-corrected chi connectivity index (χ3v) is 5.90. The number of nitrogens with one attached hydrogen (secondary N) is 2. The van der Waals surface area contributed by atoms with Crippen LogP contribution in [-0.4, -0.2) is 32.4 Å². The summed E-state index contributed by atoms with van der Waals surface area (Å²) in [7, 11) is -2.25. The van der Waals surface area contributed by atoms with Crippen LogP contribution in [0.15, 0.2) is 51.8 Å². The zero-order chi connectivity index (χ0) is 18.7. The minimum atomic E-state index is -3.77. The van der Waals surface area contributed by atoms with Crippen LogP contribution in [0, 0.1) is 6.92 Å². The highest BCUT2D eigenvalue weighted by molar-refractivity contribution is 8.15. The van der Waals surface area contributed by atoms with Crippen LogP contribution in [0.25, 0.3) is 0 Å². The Balaban J connectivity index is 1.68. The maximum Gasteiger partial charge on any atom is 0.286 e. The number of hydrogen-bond donors (Lipinski definition) is 2. The molecule has 2 aromatic carbocycles. The van der Waals surface area contributed by atoms with E-state index >= 15 is 0 Å². The Morgan fingerprint density at radius 2 is 2.04 bits per heavy atom. The van der Waals surface area contributed by atoms with Crippen LogP contribution >= 0.6 is 11.8 Å². The summed E-state index contributed by atoms with van der Waals surface area (Å²) in [5.74, 6) is 0.253. The number of para-hydroxylation sites is 2. The van der Waals surface area contributed by atoms with Crippen LogP contribution in [-0.2, 0) is 14.8 Å². The van der Waals surface area contributed by atoms with Crippen molar-refractivity contribution in [3.63, 3.8) is 0 Å². The van der Waals surface area contributed by atoms with E-state index in [9.17, 15) is 13.2 Å². The highest BCUT2D eigenvalue weighted by atomic mass is 32.2. The first kappa shape index (κ1) is 18.3. The molecule has 0 bridgehead atoms. The van der Waals surface area contributed by atoms with Gasteiger partial charge in [0.1, 0.15) is 10.6 Å². The molecule has 0 saturated carbocycles. The molecule has 9 heteroatoms. The molecule has 7 nitrogen and oxygen atoms in total. The van der Waals surface area contributed by atoms with Crippen LogP contribution in [0.5, 0.6) is 5.75 Å². The molecule has 0 atom stereocenters. The fourth-order valence-corrected chi connectivity index (χ4v) is 4.41. The van der Waals surface area contributed by atoms with Crippen LogP contribution in [0.2, 0.25) is 0 Å². The van der Waals surface area contributed by atoms with E-state index in [0.29, 0.717) is 17.1 Å². The van der Waals surface area contributed by atoms with E-state index in [4.69, 9.17) is 4.74 Å². The topological polar surface area (TPSA) is 96.9 Å². The van der Waals surface area contributed by atoms with Gasteiger partial charge < -0.3 is 15.4 Å². The van der Waals surface area contributed by atoms with Crippen LogP contribution in [0.4, 0.5) is 11.4 Å². The Bertz CT molecular complexity index is 987. The first-order chi connectivity index (χ1) is 12.4. The predicted octanol–water partition coefficient (Wildman–Crippen LogP) is 2.85. The molecule has 3 rings (SSSR count). The van der Waals surface area contributed by atoms with Crippen molar-refractivity contribution >= 4 is 44.2 Å². The van der Waals surface area contributed by atoms with Gasteiger partial charge in [0.15, 0.2) is 5.17 Å². The van der Waals surface area contributed by atoms with Crippen LogP contribution < -0.4 is 15.4 Å². The summed E-state index contributed by atoms with van der Waals surface area (Å²) < 4.78 is 33.4. The van der Waals surface area contributed by atoms with Gasteiger partial charge in [0.25, 0.3) is 10.0 Å². The van der Waals surface area contributed by atoms with Gasteiger partial charge in [0, 0.05) is 0 Å². The molecule has 0 saturated heterocycles. The number of methoxy groups -OCH3 is 1. The molecule has 0 aliphatic carbocycles. The highest BCUT2D eigenvalue weighted by Gasteiger charge is 2.25. The number of benzene rings is 2. The molecule has 2 aromatic rings. The Morgan fingerprint density at radius 1 is 1.27 bits per heavy atom. The van der Waals surface area contributed by atoms with Gasteiger partial charge in [-0.2, -0.15) is 8.42 Å². The summed E-state index contributed by atoms with van der Waals surface area (Å²) in [4.78, 5) is 12.3. The molecule has 0 aromatic heterocycles. The molecule has 1 aliphatic rings. The normalized spacial score (nSPS) is 14.6. The number of amidine groups is 1. The molecular weight excluding hydrogens is 374 g/mol. The number of thioether (sulfide) groups is 1. The first-order valence-electron chi connectivity index (χ1n) is 7.67. The van der Waals surface area contributed by atoms with Crippen molar-refractivity contribution in [2.45, 2.75) is 11.8 Å². The zero-order valence-corrected chi connectivity index (χ0v) is 15.8. The summed E-state index contributed by atoms with van der Waals surface area (Å²) in [6, 6.07) is 12.0. The zero-order valence-electron chi connectivity index (χ0n) is 14.1. The Labute approximate surface area is 155 Å². The minimum absolute atomic E-state index is 0.000547. The summed E-state index contributed by atoms with van der Waals surface area (Å²) in [6.45, 7) is 1.87. The van der Waals surface area contributed by atoms with Gasteiger partial charge in [0.05, 0.1) is 24.2 Å². The number of sulfonamides is 1. The summed E-state index contributed by atoms with van der Waals surface area (Å²) in [5.41, 5.74) is 1.94. The van der Waals surface area contributed by atoms with Gasteiger partial charge >= 0.3 is 0 Å². The van der Waals surface area contributed by atoms with E-state index < -0.39 is 10.0 Å². The predicted molar refractivity (Wildman–Crippen MR) is 104 cm³/mol. The second-order valence-corrected chi connectivity index (χ2v) is 8.07. The molecule has 1 heterocycles. The average molecular weight is 391 g/mol. The number of fused-ring (bicyclic) bond motifs is 1. The van der Waals surface area contributed by atoms with Crippen molar-refractivity contribution in [3.8, 4) is 5.75 Å². The van der Waals surface area contributed by atoms with Gasteiger partial charge in [-0.15, -0.1) is 4.40 Å². The molecule has 0 unspecified atom stereocenters. The fraction of sp³-hybridized carbons (Fsp3) is 0.176. The number of hydrogen-bond acceptors (Lipinski definition) is 6. The number of nitrogens with zero attached hydrogens (tertiary/aromatic N) is 1. The first-order valence-corrected chi connectivity index (χ1v) is 10.1. The van der Waals surface area contributed by atoms with Crippen LogP contribution in [0.1, 0.15) is 5.56 Å². The third-order valence-electron chi connectivity index (χ3n) is 3.58. The lowest BCUT2D eigenvalue weighted by Crippen LogP contribution is -2.22. The van der Waals surface area contributed by atoms with Gasteiger partial charge in [0.2, 0.25) is 5.91 Å². The van der Waals surface area contributed by atoms with Crippen molar-refractivity contribution in [2.24, 2.45) is 4.40 Å². The Kier molecular flexibility index (Phi) is 5.19. The number of amides is 1. The van der Waals surface area contributed by atoms with Gasteiger partial charge in [-0.05, 0) is 36.8 Å². The number of carbonyl (C=O) groups is 1. The molecule has 2 N–H and O–H groups in total. The fourth-order valence-electron chi connectivity index (χ4n) is 2.39. The second-order valence-electron chi connectivity index (χ2n) is 5.53. The number of anilines is 2. The van der Waals surface area contributed by atoms with E-state index in [1.54, 1.807) is 36.4 Å². The largest absolute Gasteiger partial charge is 0.495 e. The van der Waals surface area contributed by atoms with Crippen LogP contribution in [0.3, 0.4) is 0 Å². The molecule has 0 fully saturated rings. The molecule has 0 radical (unpaired) electrons. The number of rotatable bonds is 4. The lowest BCUT2D eigenvalue weighted by molar-refractivity contribution is -0.113. The molecule has 136 valence electrons. The van der Waals surface area contributed by atoms with Gasteiger partial charge in [-0.25, -0.2) is 0 Å². The molecule has 1 amide bonds. The van der Waals surface area contributed by atoms with Crippen molar-refractivity contribution < 1.29 is 17.9 Å². The standard InChI is InChI=1S/C17H17N3O4S2/c1-11-7-8-15-13(9-11)19-17(20-26(15,22)23)25-10-16(21)18-12-5-3-4-6-14(12)24-2/h3-9H,10H2,1-2H3,(H,18,21)(H,19,20). The summed E-state index contributed by atoms with van der Waals surface area (Å²) >= 11 is 1.02. The van der Waals surface area contributed by atoms with Crippen molar-refractivity contribution in [1.29, 1.82) is 0 Å². The average Bonchev–Trinajstić information content (AvgIpc) is 2.59. The third kappa shape index (κ3) is 4.00. The second kappa shape index (κ2) is 7.38. The van der Waals surface area contributed by atoms with E-state index in [1.807, 2.05) is 6.92 Å². The molecular formula is C17H17N3O4S2. The van der Waals surface area contributed by atoms with Gasteiger partial charge in [-0.1, -0.05) is 30.0 Å². The lowest BCUT2D eigenvalue weighted by Gasteiger charge is -2.18. The van der Waals surface area contributed by atoms with E-state index in [2.05, 4.69) is 15.0 Å². The number of aryl methyl sites for hydroxylation is 1. The van der Waals surface area contributed by atoms with Crippen molar-refractivity contribution in [3.05, 3.63) is 48.0 Å². The summed E-state index contributed by atoms with van der Waals surface area (Å²) in [6.07, 6.45) is 0. The monoisotopic (exact) mass is 391 g/mol. The smallest absolute Gasteiger partial charge is 0.286 e. The number of carbonyl (C=O) groups excluding carboxylic acids is 1. The Hall–Kier alpha value is -2.52. The number of ether oxygens (including phenoxy) is 1. The quantitative estimate of drug-likeness (QED) is 0.832. The summed E-state index contributed by atoms with van der Waals surface area (Å²) in [5, 5.41) is 5.86. The molecule has 0 spiro atoms. The molecule has 26 heavy (non-hydrogen) atoms. The Morgan fingerprint density at radius 3 is 2.81 bits per heavy atom. The highest BCUT2D eigenvalue weighted by Crippen LogP contribution is 2.30. The van der Waals surface area contributed by atoms with E-state index in [0.717, 1.165) is 17.3 Å². The lowest BCUT2D eigenvalue weighted by atomic mass is 10.2. The maximum absolute atomic E-state index is 12.3. The van der Waals surface area contributed by atoms with Gasteiger partial charge in [-0.3, -0.25) is 4.79 Å². The maximum atomic E-state index is 12.3. The van der Waals surface area contributed by atoms with E-state index in [1.165, 1.54) is 13.2 Å². The molecule has 1 aliphatic heterocycles. The SMILES string of the molecule is COc1ccccc1NC(=O)CSC1=NS(=O)(=O)c2ccc(C)cc2N1. The minimum Gasteiger partial charge on any atom is -0.495 e. The van der Waals surface area contributed by atoms with Crippen molar-refractivity contribution in [1.82, 2.24) is 0 Å².